The van der Waals surface area contributed by atoms with Gasteiger partial charge in [0.05, 0.1) is 6.54 Å². The van der Waals surface area contributed by atoms with Gasteiger partial charge in [0.1, 0.15) is 17.5 Å². The number of aliphatic carboxylic acids is 1. The maximum absolute atomic E-state index is 13.7. The number of carbonyl (C=O) groups is 3. The fourth-order valence-corrected chi connectivity index (χ4v) is 8.05. The lowest BCUT2D eigenvalue weighted by atomic mass is 9.59. The highest BCUT2D eigenvalue weighted by atomic mass is 19.1. The lowest BCUT2D eigenvalue weighted by Gasteiger charge is -2.54. The summed E-state index contributed by atoms with van der Waals surface area (Å²) in [7, 11) is 1.00. The third kappa shape index (κ3) is 7.31. The number of ether oxygens (including phenoxy) is 1. The molecule has 1 aliphatic heterocycles. The number of H-pyrrole nitrogens is 1. The highest BCUT2D eigenvalue weighted by Crippen LogP contribution is 2.50. The number of hydrogen-bond donors (Lipinski definition) is 5. The largest absolute Gasteiger partial charge is 0.480 e. The van der Waals surface area contributed by atoms with E-state index in [1.54, 1.807) is 17.2 Å². The molecule has 2 fully saturated rings. The van der Waals surface area contributed by atoms with Gasteiger partial charge in [0, 0.05) is 55.7 Å². The van der Waals surface area contributed by atoms with Gasteiger partial charge in [-0.3, -0.25) is 4.79 Å². The molecule has 2 amide bonds. The number of carboxylic acid groups (broad SMARTS) is 1. The number of carbonyl (C=O) groups excluding carboxylic acids is 2. The minimum absolute atomic E-state index is 0.0479. The summed E-state index contributed by atoms with van der Waals surface area (Å²) < 4.78 is 19.7. The molecule has 0 spiro atoms. The molecule has 3 aliphatic rings. The molecule has 242 valence electrons. The van der Waals surface area contributed by atoms with Crippen LogP contribution < -0.4 is 10.6 Å². The topological polar surface area (TPSA) is 144 Å². The molecule has 5 atom stereocenters. The number of aromatic nitrogens is 1. The normalized spacial score (nSPS) is 25.9. The number of benzene rings is 2. The van der Waals surface area contributed by atoms with E-state index in [2.05, 4.69) is 22.5 Å². The molecule has 11 heteroatoms. The maximum Gasteiger partial charge on any atom is 0.408 e. The van der Waals surface area contributed by atoms with E-state index < -0.39 is 23.7 Å². The van der Waals surface area contributed by atoms with Gasteiger partial charge in [-0.1, -0.05) is 31.2 Å². The van der Waals surface area contributed by atoms with Gasteiger partial charge in [0.25, 0.3) is 0 Å². The molecule has 1 aromatic heterocycles. The van der Waals surface area contributed by atoms with E-state index >= 15 is 0 Å². The van der Waals surface area contributed by atoms with E-state index in [0.29, 0.717) is 37.8 Å². The fourth-order valence-electron chi connectivity index (χ4n) is 8.05. The van der Waals surface area contributed by atoms with E-state index in [4.69, 9.17) is 9.84 Å². The molecular weight excluding hydrogens is 579 g/mol. The van der Waals surface area contributed by atoms with Gasteiger partial charge in [-0.05, 0) is 79.3 Å². The molecule has 5 unspecified atom stereocenters. The van der Waals surface area contributed by atoms with Crippen molar-refractivity contribution in [3.05, 3.63) is 71.2 Å². The molecule has 0 saturated heterocycles. The summed E-state index contributed by atoms with van der Waals surface area (Å²) in [5, 5.41) is 24.0. The lowest BCUT2D eigenvalue weighted by Crippen LogP contribution is -2.61. The number of para-hydroxylation sites is 1. The number of nitrogens with one attached hydrogen (secondary N) is 3. The van der Waals surface area contributed by atoms with Crippen LogP contribution in [0.15, 0.2) is 48.7 Å². The summed E-state index contributed by atoms with van der Waals surface area (Å²) in [5.41, 5.74) is 2.29. The first-order valence-electron chi connectivity index (χ1n) is 15.5. The van der Waals surface area contributed by atoms with E-state index in [9.17, 15) is 23.9 Å². The Kier molecular flexibility index (Phi) is 9.50. The number of halogens is 1. The molecule has 2 saturated carbocycles. The van der Waals surface area contributed by atoms with Crippen LogP contribution in [0.1, 0.15) is 62.6 Å². The number of rotatable bonds is 8. The van der Waals surface area contributed by atoms with E-state index in [-0.39, 0.29) is 30.2 Å². The van der Waals surface area contributed by atoms with Gasteiger partial charge in [-0.25, -0.2) is 14.0 Å². The number of carboxylic acids is 1. The third-order valence-corrected chi connectivity index (χ3v) is 9.47. The lowest BCUT2D eigenvalue weighted by molar-refractivity contribution is -0.139. The number of aliphatic hydroxyl groups excluding tert-OH is 1. The zero-order valence-corrected chi connectivity index (χ0v) is 26.1. The molecule has 6 rings (SSSR count). The minimum atomic E-state index is -1.15. The molecule has 2 aromatic carbocycles. The number of aliphatic hydroxyl groups is 1. The van der Waals surface area contributed by atoms with Crippen LogP contribution in [0, 0.1) is 17.7 Å². The predicted molar refractivity (Wildman–Crippen MR) is 167 cm³/mol. The van der Waals surface area contributed by atoms with Gasteiger partial charge >= 0.3 is 12.1 Å². The zero-order chi connectivity index (χ0) is 32.4. The van der Waals surface area contributed by atoms with Crippen molar-refractivity contribution in [3.8, 4) is 0 Å². The number of hydrogen-bond acceptors (Lipinski definition) is 6. The van der Waals surface area contributed by atoms with Crippen molar-refractivity contribution in [1.29, 1.82) is 0 Å². The molecule has 2 aliphatic carbocycles. The van der Waals surface area contributed by atoms with Crippen LogP contribution in [-0.4, -0.2) is 68.9 Å². The molecule has 3 aromatic rings. The SMILES string of the molecule is CC1CC2CC(NCC(=O)N3Cc4ccc(F)cc4C3)(C1)CC(C)(OC(=O)NC(Cc1c[nH]c3ccccc13)C(=O)O)C2.CO. The quantitative estimate of drug-likeness (QED) is 0.249. The molecule has 10 nitrogen and oxygen atoms in total. The summed E-state index contributed by atoms with van der Waals surface area (Å²) in [6, 6.07) is 11.1. The Hall–Kier alpha value is -3.96. The van der Waals surface area contributed by atoms with E-state index in [1.807, 2.05) is 31.2 Å². The number of nitrogens with zero attached hydrogens (tertiary/aromatic N) is 1. The average Bonchev–Trinajstić information content (AvgIpc) is 3.59. The maximum atomic E-state index is 13.7. The Morgan fingerprint density at radius 3 is 2.64 bits per heavy atom. The van der Waals surface area contributed by atoms with Crippen molar-refractivity contribution >= 4 is 28.9 Å². The van der Waals surface area contributed by atoms with Crippen molar-refractivity contribution in [3.63, 3.8) is 0 Å². The van der Waals surface area contributed by atoms with Gasteiger partial charge in [-0.2, -0.15) is 0 Å². The van der Waals surface area contributed by atoms with Gasteiger partial charge in [0.15, 0.2) is 0 Å². The van der Waals surface area contributed by atoms with Crippen LogP contribution in [0.5, 0.6) is 0 Å². The Morgan fingerprint density at radius 2 is 1.87 bits per heavy atom. The Morgan fingerprint density at radius 1 is 1.11 bits per heavy atom. The first kappa shape index (κ1) is 32.4. The summed E-state index contributed by atoms with van der Waals surface area (Å²) in [5.74, 6) is -0.728. The van der Waals surface area contributed by atoms with E-state index in [0.717, 1.165) is 54.0 Å². The predicted octanol–water partition coefficient (Wildman–Crippen LogP) is 4.50. The highest BCUT2D eigenvalue weighted by Gasteiger charge is 2.51. The average molecular weight is 623 g/mol. The first-order valence-corrected chi connectivity index (χ1v) is 15.5. The monoisotopic (exact) mass is 622 g/mol. The molecule has 2 heterocycles. The second kappa shape index (κ2) is 13.2. The zero-order valence-electron chi connectivity index (χ0n) is 26.1. The van der Waals surface area contributed by atoms with Crippen molar-refractivity contribution < 1.29 is 33.7 Å². The number of amides is 2. The second-order valence-electron chi connectivity index (χ2n) is 13.2. The fraction of sp³-hybridized carbons (Fsp3) is 0.500. The number of alkyl carbamates (subject to hydrolysis) is 1. The number of aromatic amines is 1. The second-order valence-corrected chi connectivity index (χ2v) is 13.2. The van der Waals surface area contributed by atoms with Crippen molar-refractivity contribution in [2.45, 2.75) is 82.6 Å². The number of fused-ring (bicyclic) bond motifs is 4. The Balaban J connectivity index is 0.00000196. The first-order chi connectivity index (χ1) is 21.5. The van der Waals surface area contributed by atoms with Gasteiger partial charge < -0.3 is 35.5 Å². The molecule has 5 N–H and O–H groups in total. The van der Waals surface area contributed by atoms with Crippen LogP contribution >= 0.6 is 0 Å². The van der Waals surface area contributed by atoms with Gasteiger partial charge in [0.2, 0.25) is 5.91 Å². The van der Waals surface area contributed by atoms with Gasteiger partial charge in [-0.15, -0.1) is 0 Å². The molecular formula is C34H43FN4O6. The van der Waals surface area contributed by atoms with Crippen LogP contribution in [0.25, 0.3) is 10.9 Å². The van der Waals surface area contributed by atoms with Crippen LogP contribution in [0.4, 0.5) is 9.18 Å². The summed E-state index contributed by atoms with van der Waals surface area (Å²) >= 11 is 0. The Labute approximate surface area is 262 Å². The summed E-state index contributed by atoms with van der Waals surface area (Å²) in [6.45, 7) is 5.13. The highest BCUT2D eigenvalue weighted by molar-refractivity contribution is 5.85. The van der Waals surface area contributed by atoms with Crippen molar-refractivity contribution in [2.24, 2.45) is 11.8 Å². The molecule has 0 radical (unpaired) electrons. The Bertz CT molecular complexity index is 1560. The summed E-state index contributed by atoms with van der Waals surface area (Å²) in [6.07, 6.45) is 5.07. The minimum Gasteiger partial charge on any atom is -0.480 e. The summed E-state index contributed by atoms with van der Waals surface area (Å²) in [4.78, 5) is 43.4. The van der Waals surface area contributed by atoms with Crippen LogP contribution in [0.2, 0.25) is 0 Å². The van der Waals surface area contributed by atoms with E-state index in [1.165, 1.54) is 12.1 Å². The molecule has 45 heavy (non-hydrogen) atoms. The van der Waals surface area contributed by atoms with Crippen LogP contribution in [0.3, 0.4) is 0 Å². The van der Waals surface area contributed by atoms with Crippen molar-refractivity contribution in [1.82, 2.24) is 20.5 Å². The van der Waals surface area contributed by atoms with Crippen LogP contribution in [-0.2, 0) is 33.8 Å². The smallest absolute Gasteiger partial charge is 0.408 e. The van der Waals surface area contributed by atoms with Crippen molar-refractivity contribution in [2.75, 3.05) is 13.7 Å². The molecule has 2 bridgehead atoms. The standard InChI is InChI=1S/C33H39FN4O5.CH4O/c1-20-9-21-13-32(2,43-31(42)37-28(30(40)41)11-23-15-35-27-6-4-3-5-26(23)27)19-33(12-20,14-21)36-16-29(39)38-17-22-7-8-25(34)10-24(22)18-38;1-2/h3-8,10,15,20-21,28,35-36H,9,11-14,16-19H2,1-2H3,(H,37,42)(H,40,41);2H,1H3. The third-order valence-electron chi connectivity index (χ3n) is 9.47.